The predicted octanol–water partition coefficient (Wildman–Crippen LogP) is 9.31. The van der Waals surface area contributed by atoms with Crippen molar-refractivity contribution in [3.63, 3.8) is 0 Å². The third kappa shape index (κ3) is 4.60. The van der Waals surface area contributed by atoms with Crippen LogP contribution in [0.4, 0.5) is 22.7 Å². The Morgan fingerprint density at radius 1 is 0.405 bits per heavy atom. The van der Waals surface area contributed by atoms with Gasteiger partial charge < -0.3 is 9.80 Å². The van der Waals surface area contributed by atoms with E-state index in [1.807, 2.05) is 0 Å². The van der Waals surface area contributed by atoms with Gasteiger partial charge in [-0.2, -0.15) is 0 Å². The minimum Gasteiger partial charge on any atom is -0.314 e. The molecule has 2 unspecified atom stereocenters. The zero-order valence-electron chi connectivity index (χ0n) is 22.1. The third-order valence-corrected chi connectivity index (χ3v) is 7.66. The molecule has 0 N–H and O–H groups in total. The number of allylic oxidation sites excluding steroid dienone is 4. The largest absolute Gasteiger partial charge is 0.314 e. The number of anilines is 4. The minimum atomic E-state index is 0.501. The van der Waals surface area contributed by atoms with E-state index in [2.05, 4.69) is 147 Å². The molecule has 4 aromatic rings. The lowest BCUT2D eigenvalue weighted by Gasteiger charge is -2.33. The van der Waals surface area contributed by atoms with E-state index in [0.717, 1.165) is 0 Å². The molecule has 2 heteroatoms. The first-order chi connectivity index (χ1) is 18.0. The molecule has 2 aliphatic rings. The molecule has 6 rings (SSSR count). The molecule has 1 fully saturated rings. The number of fused-ring (bicyclic) bond motifs is 1. The molecule has 0 amide bonds. The van der Waals surface area contributed by atoms with Crippen molar-refractivity contribution >= 4 is 22.7 Å². The fourth-order valence-corrected chi connectivity index (χ4v) is 5.42. The molecule has 2 nitrogen and oxygen atoms in total. The Labute approximate surface area is 221 Å². The van der Waals surface area contributed by atoms with Crippen molar-refractivity contribution in [2.45, 2.75) is 34.1 Å². The standard InChI is InChI=1S/C35H34N2/c1-24-5-13-28(14-6-24)36(29-15-7-25(2)8-16-29)34-21-22-35(33-23-32(33)34)37(30-17-9-26(3)10-18-30)31-19-11-27(4)12-20-31/h5-22,32-33H,23H2,1-4H3. The van der Waals surface area contributed by atoms with E-state index in [-0.39, 0.29) is 0 Å². The summed E-state index contributed by atoms with van der Waals surface area (Å²) >= 11 is 0. The monoisotopic (exact) mass is 482 g/mol. The summed E-state index contributed by atoms with van der Waals surface area (Å²) in [5.41, 5.74) is 12.8. The van der Waals surface area contributed by atoms with Crippen LogP contribution in [0, 0.1) is 39.5 Å². The van der Waals surface area contributed by atoms with Crippen molar-refractivity contribution in [2.24, 2.45) is 11.8 Å². The van der Waals surface area contributed by atoms with Gasteiger partial charge >= 0.3 is 0 Å². The number of rotatable bonds is 6. The highest BCUT2D eigenvalue weighted by Gasteiger charge is 2.48. The summed E-state index contributed by atoms with van der Waals surface area (Å²) in [6.07, 6.45) is 5.89. The fraction of sp³-hybridized carbons (Fsp3) is 0.200. The third-order valence-electron chi connectivity index (χ3n) is 7.66. The number of nitrogens with zero attached hydrogens (tertiary/aromatic N) is 2. The van der Waals surface area contributed by atoms with Crippen molar-refractivity contribution in [1.29, 1.82) is 0 Å². The van der Waals surface area contributed by atoms with Gasteiger partial charge in [0.2, 0.25) is 0 Å². The van der Waals surface area contributed by atoms with Crippen LogP contribution in [0.15, 0.2) is 121 Å². The molecule has 37 heavy (non-hydrogen) atoms. The van der Waals surface area contributed by atoms with E-state index < -0.39 is 0 Å². The molecule has 4 aromatic carbocycles. The Morgan fingerprint density at radius 2 is 0.649 bits per heavy atom. The Morgan fingerprint density at radius 3 is 0.892 bits per heavy atom. The van der Waals surface area contributed by atoms with E-state index in [0.29, 0.717) is 11.8 Å². The highest BCUT2D eigenvalue weighted by atomic mass is 15.2. The Hall–Kier alpha value is -4.04. The van der Waals surface area contributed by atoms with Gasteiger partial charge in [-0.05, 0) is 94.8 Å². The van der Waals surface area contributed by atoms with Gasteiger partial charge in [-0.25, -0.2) is 0 Å². The summed E-state index contributed by atoms with van der Waals surface area (Å²) in [7, 11) is 0. The molecular weight excluding hydrogens is 448 g/mol. The molecule has 184 valence electrons. The molecular formula is C35H34N2. The normalized spacial score (nSPS) is 17.9. The lowest BCUT2D eigenvalue weighted by Crippen LogP contribution is -2.24. The van der Waals surface area contributed by atoms with Crippen molar-refractivity contribution < 1.29 is 0 Å². The molecule has 0 radical (unpaired) electrons. The molecule has 0 spiro atoms. The van der Waals surface area contributed by atoms with Crippen LogP contribution in [0.2, 0.25) is 0 Å². The maximum atomic E-state index is 2.46. The van der Waals surface area contributed by atoms with Crippen LogP contribution in [0.3, 0.4) is 0 Å². The second kappa shape index (κ2) is 9.44. The maximum absolute atomic E-state index is 2.46. The van der Waals surface area contributed by atoms with Crippen molar-refractivity contribution in [3.8, 4) is 0 Å². The van der Waals surface area contributed by atoms with Gasteiger partial charge in [-0.1, -0.05) is 70.8 Å². The average Bonchev–Trinajstić information content (AvgIpc) is 3.71. The number of aryl methyl sites for hydroxylation is 4. The van der Waals surface area contributed by atoms with Crippen LogP contribution >= 0.6 is 0 Å². The first kappa shape index (κ1) is 23.4. The molecule has 2 atom stereocenters. The summed E-state index contributed by atoms with van der Waals surface area (Å²) < 4.78 is 0. The number of benzene rings is 4. The molecule has 1 saturated carbocycles. The summed E-state index contributed by atoms with van der Waals surface area (Å²) in [5.74, 6) is 1.00. The lowest BCUT2D eigenvalue weighted by atomic mass is 10.0. The first-order valence-corrected chi connectivity index (χ1v) is 13.3. The Balaban J connectivity index is 1.44. The van der Waals surface area contributed by atoms with Crippen LogP contribution in [-0.4, -0.2) is 0 Å². The highest BCUT2D eigenvalue weighted by molar-refractivity contribution is 5.74. The van der Waals surface area contributed by atoms with Crippen LogP contribution in [0.25, 0.3) is 0 Å². The van der Waals surface area contributed by atoms with Crippen LogP contribution in [0.5, 0.6) is 0 Å². The van der Waals surface area contributed by atoms with E-state index in [1.165, 1.54) is 62.8 Å². The van der Waals surface area contributed by atoms with Crippen molar-refractivity contribution in [1.82, 2.24) is 0 Å². The highest BCUT2D eigenvalue weighted by Crippen LogP contribution is 2.56. The van der Waals surface area contributed by atoms with Gasteiger partial charge in [-0.15, -0.1) is 0 Å². The number of hydrogen-bond acceptors (Lipinski definition) is 2. The zero-order valence-corrected chi connectivity index (χ0v) is 22.1. The second-order valence-electron chi connectivity index (χ2n) is 10.6. The molecule has 0 heterocycles. The topological polar surface area (TPSA) is 6.48 Å². The minimum absolute atomic E-state index is 0.501. The van der Waals surface area contributed by atoms with Gasteiger partial charge in [0.05, 0.1) is 0 Å². The Bertz CT molecular complexity index is 1250. The summed E-state index contributed by atoms with van der Waals surface area (Å²) in [6, 6.07) is 35.7. The van der Waals surface area contributed by atoms with E-state index in [4.69, 9.17) is 0 Å². The molecule has 0 aliphatic heterocycles. The van der Waals surface area contributed by atoms with Crippen molar-refractivity contribution in [3.05, 3.63) is 143 Å². The Kier molecular flexibility index (Phi) is 5.96. The first-order valence-electron chi connectivity index (χ1n) is 13.3. The molecule has 0 saturated heterocycles. The smallest absolute Gasteiger partial charge is 0.0458 e. The van der Waals surface area contributed by atoms with E-state index in [1.54, 1.807) is 0 Å². The number of hydrogen-bond donors (Lipinski definition) is 0. The maximum Gasteiger partial charge on any atom is 0.0458 e. The van der Waals surface area contributed by atoms with Crippen LogP contribution in [-0.2, 0) is 0 Å². The van der Waals surface area contributed by atoms with Crippen LogP contribution in [0.1, 0.15) is 28.7 Å². The summed E-state index contributed by atoms with van der Waals surface area (Å²) in [6.45, 7) is 8.60. The van der Waals surface area contributed by atoms with Gasteiger partial charge in [0.15, 0.2) is 0 Å². The molecule has 0 bridgehead atoms. The summed E-state index contributed by atoms with van der Waals surface area (Å²) in [4.78, 5) is 4.91. The lowest BCUT2D eigenvalue weighted by molar-refractivity contribution is 0.813. The van der Waals surface area contributed by atoms with Gasteiger partial charge in [0, 0.05) is 46.0 Å². The van der Waals surface area contributed by atoms with Gasteiger partial charge in [0.25, 0.3) is 0 Å². The van der Waals surface area contributed by atoms with Crippen LogP contribution < -0.4 is 9.80 Å². The zero-order chi connectivity index (χ0) is 25.5. The fourth-order valence-electron chi connectivity index (χ4n) is 5.42. The quantitative estimate of drug-likeness (QED) is 0.270. The molecule has 0 aromatic heterocycles. The average molecular weight is 483 g/mol. The second-order valence-corrected chi connectivity index (χ2v) is 10.6. The van der Waals surface area contributed by atoms with Gasteiger partial charge in [0.1, 0.15) is 0 Å². The van der Waals surface area contributed by atoms with Crippen molar-refractivity contribution in [2.75, 3.05) is 9.80 Å². The summed E-state index contributed by atoms with van der Waals surface area (Å²) in [5, 5.41) is 0. The van der Waals surface area contributed by atoms with E-state index >= 15 is 0 Å². The predicted molar refractivity (Wildman–Crippen MR) is 157 cm³/mol. The van der Waals surface area contributed by atoms with Gasteiger partial charge in [-0.3, -0.25) is 0 Å². The SMILES string of the molecule is Cc1ccc(N(C2=CC=C(N(c3ccc(C)cc3)c3ccc(C)cc3)C3CC23)c2ccc(C)cc2)cc1. The molecule has 2 aliphatic carbocycles. The van der Waals surface area contributed by atoms with E-state index in [9.17, 15) is 0 Å².